The summed E-state index contributed by atoms with van der Waals surface area (Å²) >= 11 is 0. The molecule has 0 spiro atoms. The lowest BCUT2D eigenvalue weighted by Gasteiger charge is -2.36. The van der Waals surface area contributed by atoms with E-state index in [4.69, 9.17) is 19.8 Å². The van der Waals surface area contributed by atoms with Crippen molar-refractivity contribution in [2.24, 2.45) is 11.1 Å². The molecule has 1 aliphatic heterocycles. The van der Waals surface area contributed by atoms with Crippen LogP contribution < -0.4 is 31.9 Å². The van der Waals surface area contributed by atoms with Gasteiger partial charge < -0.3 is 40.8 Å². The molecule has 44 heavy (non-hydrogen) atoms. The number of aliphatic carboxylic acids is 1. The molecule has 0 bridgehead atoms. The van der Waals surface area contributed by atoms with E-state index in [0.29, 0.717) is 24.3 Å². The highest BCUT2D eigenvalue weighted by Gasteiger charge is 2.53. The molecule has 4 amide bonds. The first-order valence-electron chi connectivity index (χ1n) is 14.8. The van der Waals surface area contributed by atoms with Gasteiger partial charge in [-0.15, -0.1) is 0 Å². The van der Waals surface area contributed by atoms with Gasteiger partial charge in [0.1, 0.15) is 23.8 Å². The lowest BCUT2D eigenvalue weighted by molar-refractivity contribution is -0.162. The molecule has 1 saturated carbocycles. The molecular weight excluding hydrogens is 567 g/mol. The zero-order valence-electron chi connectivity index (χ0n) is 25.6. The predicted octanol–water partition coefficient (Wildman–Crippen LogP) is 2.69. The Balaban J connectivity index is 1.37. The fourth-order valence-electron chi connectivity index (χ4n) is 5.00. The van der Waals surface area contributed by atoms with Crippen molar-refractivity contribution in [1.82, 2.24) is 10.6 Å². The number of amides is 4. The number of para-hydroxylation sites is 1. The number of primary amides is 1. The summed E-state index contributed by atoms with van der Waals surface area (Å²) in [4.78, 5) is 48.9. The van der Waals surface area contributed by atoms with Crippen LogP contribution in [0.5, 0.6) is 5.75 Å². The number of urea groups is 1. The summed E-state index contributed by atoms with van der Waals surface area (Å²) in [7, 11) is -0.566. The summed E-state index contributed by atoms with van der Waals surface area (Å²) in [5, 5.41) is 17.5. The van der Waals surface area contributed by atoms with Crippen molar-refractivity contribution in [2.45, 2.75) is 83.6 Å². The second kappa shape index (κ2) is 13.3. The van der Waals surface area contributed by atoms with Gasteiger partial charge in [-0.1, -0.05) is 36.8 Å². The predicted molar refractivity (Wildman–Crippen MR) is 164 cm³/mol. The maximum absolute atomic E-state index is 13.2. The maximum atomic E-state index is 13.2. The quantitative estimate of drug-likeness (QED) is 0.131. The number of hydrogen-bond donors (Lipinski definition) is 5. The molecule has 1 unspecified atom stereocenters. The molecule has 13 heteroatoms. The van der Waals surface area contributed by atoms with E-state index in [1.54, 1.807) is 12.1 Å². The highest BCUT2D eigenvalue weighted by molar-refractivity contribution is 6.63. The van der Waals surface area contributed by atoms with E-state index in [-0.39, 0.29) is 32.4 Å². The van der Waals surface area contributed by atoms with Gasteiger partial charge in [0.25, 0.3) is 0 Å². The third-order valence-electron chi connectivity index (χ3n) is 8.68. The minimum Gasteiger partial charge on any atom is -0.489 e. The van der Waals surface area contributed by atoms with Crippen LogP contribution in [-0.2, 0) is 30.3 Å². The monoisotopic (exact) mass is 608 g/mol. The molecule has 1 aliphatic carbocycles. The van der Waals surface area contributed by atoms with Crippen molar-refractivity contribution in [3.63, 3.8) is 0 Å². The van der Waals surface area contributed by atoms with Crippen LogP contribution in [0, 0.1) is 5.41 Å². The van der Waals surface area contributed by atoms with Crippen LogP contribution in [0.1, 0.15) is 65.4 Å². The number of hydrogen-bond acceptors (Lipinski definition) is 7. The molecule has 6 N–H and O–H groups in total. The lowest BCUT2D eigenvalue weighted by atomic mass is 9.68. The Labute approximate surface area is 257 Å². The normalized spacial score (nSPS) is 18.4. The van der Waals surface area contributed by atoms with Crippen LogP contribution in [0.3, 0.4) is 0 Å². The van der Waals surface area contributed by atoms with Crippen molar-refractivity contribution in [2.75, 3.05) is 11.9 Å². The number of carbonyl (C=O) groups excluding carboxylic acids is 3. The van der Waals surface area contributed by atoms with Gasteiger partial charge in [0, 0.05) is 17.7 Å². The number of carbonyl (C=O) groups is 4. The summed E-state index contributed by atoms with van der Waals surface area (Å²) < 4.78 is 18.5. The molecule has 4 rings (SSSR count). The largest absolute Gasteiger partial charge is 0.498 e. The molecule has 0 aromatic heterocycles. The van der Waals surface area contributed by atoms with E-state index >= 15 is 0 Å². The number of carboxylic acids is 1. The number of anilines is 1. The summed E-state index contributed by atoms with van der Waals surface area (Å²) in [5.74, 6) is -1.75. The molecule has 236 valence electrons. The average molecular weight is 609 g/mol. The third kappa shape index (κ3) is 7.33. The second-order valence-corrected chi connectivity index (χ2v) is 12.3. The fourth-order valence-corrected chi connectivity index (χ4v) is 5.00. The molecule has 1 heterocycles. The van der Waals surface area contributed by atoms with Crippen molar-refractivity contribution in [3.8, 4) is 5.75 Å². The standard InChI is InChI=1S/C31H41BN4O8/c1-29(2)30(3,4)44-32(43-29)22-9-5-6-11-24(22)42-19-20-12-14-21(15-13-20)35-25(37)23(10-7-18-34-28(33)41)36-26(38)31(27(39)40)16-8-17-31/h5-6,9,11-15,23H,7-8,10,16-19H2,1-4H3,(H,35,37)(H,36,38)(H,39,40)(H3,33,34,41). The number of carboxylic acid groups (broad SMARTS) is 1. The molecule has 1 atom stereocenters. The number of nitrogens with two attached hydrogens (primary N) is 1. The van der Waals surface area contributed by atoms with Crippen molar-refractivity contribution < 1.29 is 38.3 Å². The highest BCUT2D eigenvalue weighted by Crippen LogP contribution is 2.41. The van der Waals surface area contributed by atoms with E-state index < -0.39 is 53.6 Å². The Morgan fingerprint density at radius 1 is 1.00 bits per heavy atom. The van der Waals surface area contributed by atoms with Crippen molar-refractivity contribution in [1.29, 1.82) is 0 Å². The third-order valence-corrected chi connectivity index (χ3v) is 8.68. The zero-order valence-corrected chi connectivity index (χ0v) is 25.6. The summed E-state index contributed by atoms with van der Waals surface area (Å²) in [6.07, 6.45) is 1.57. The van der Waals surface area contributed by atoms with Crippen molar-refractivity contribution >= 4 is 42.1 Å². The SMILES string of the molecule is CC1(C)OB(c2ccccc2OCc2ccc(NC(=O)C(CCCNC(N)=O)NC(=O)C3(C(=O)O)CCC3)cc2)OC1(C)C. The minimum absolute atomic E-state index is 0.168. The lowest BCUT2D eigenvalue weighted by Crippen LogP contribution is -2.55. The van der Waals surface area contributed by atoms with E-state index in [9.17, 15) is 24.3 Å². The summed E-state index contributed by atoms with van der Waals surface area (Å²) in [6.45, 7) is 8.44. The van der Waals surface area contributed by atoms with Crippen LogP contribution in [-0.4, -0.2) is 59.8 Å². The molecule has 2 aromatic rings. The van der Waals surface area contributed by atoms with Gasteiger partial charge in [-0.3, -0.25) is 14.4 Å². The van der Waals surface area contributed by atoms with Crippen LogP contribution >= 0.6 is 0 Å². The average Bonchev–Trinajstić information content (AvgIpc) is 3.15. The molecule has 2 aliphatic rings. The summed E-state index contributed by atoms with van der Waals surface area (Å²) in [5.41, 5.74) is 4.75. The van der Waals surface area contributed by atoms with E-state index in [1.165, 1.54) is 0 Å². The minimum atomic E-state index is -1.52. The first kappa shape index (κ1) is 32.8. The van der Waals surface area contributed by atoms with Crippen LogP contribution in [0.4, 0.5) is 10.5 Å². The first-order valence-corrected chi connectivity index (χ1v) is 14.8. The molecular formula is C31H41BN4O8. The second-order valence-electron chi connectivity index (χ2n) is 12.3. The van der Waals surface area contributed by atoms with Crippen LogP contribution in [0.2, 0.25) is 0 Å². The highest BCUT2D eigenvalue weighted by atomic mass is 16.7. The Morgan fingerprint density at radius 3 is 2.20 bits per heavy atom. The van der Waals surface area contributed by atoms with Gasteiger partial charge in [0.05, 0.1) is 11.2 Å². The number of rotatable bonds is 13. The molecule has 12 nitrogen and oxygen atoms in total. The van der Waals surface area contributed by atoms with E-state index in [2.05, 4.69) is 16.0 Å². The van der Waals surface area contributed by atoms with Gasteiger partial charge in [0.2, 0.25) is 11.8 Å². The topological polar surface area (TPSA) is 178 Å². The van der Waals surface area contributed by atoms with Gasteiger partial charge in [0.15, 0.2) is 0 Å². The van der Waals surface area contributed by atoms with Crippen LogP contribution in [0.25, 0.3) is 0 Å². The Bertz CT molecular complexity index is 1360. The molecule has 1 saturated heterocycles. The number of nitrogens with one attached hydrogen (secondary N) is 3. The first-order chi connectivity index (χ1) is 20.7. The Kier molecular flexibility index (Phi) is 9.89. The molecule has 0 radical (unpaired) electrons. The zero-order chi connectivity index (χ0) is 32.1. The van der Waals surface area contributed by atoms with Crippen molar-refractivity contribution in [3.05, 3.63) is 54.1 Å². The smallest absolute Gasteiger partial charge is 0.489 e. The maximum Gasteiger partial charge on any atom is 0.498 e. The Hall–Kier alpha value is -4.10. The molecule has 2 fully saturated rings. The number of benzene rings is 2. The van der Waals surface area contributed by atoms with E-state index in [0.717, 1.165) is 11.0 Å². The van der Waals surface area contributed by atoms with E-state index in [1.807, 2.05) is 64.1 Å². The van der Waals surface area contributed by atoms with Gasteiger partial charge in [-0.25, -0.2) is 4.79 Å². The fraction of sp³-hybridized carbons (Fsp3) is 0.484. The van der Waals surface area contributed by atoms with Gasteiger partial charge in [-0.2, -0.15) is 0 Å². The van der Waals surface area contributed by atoms with Gasteiger partial charge >= 0.3 is 19.1 Å². The summed E-state index contributed by atoms with van der Waals surface area (Å²) in [6, 6.07) is 12.9. The van der Waals surface area contributed by atoms with Gasteiger partial charge in [-0.05, 0) is 77.1 Å². The Morgan fingerprint density at radius 2 is 1.64 bits per heavy atom. The van der Waals surface area contributed by atoms with Crippen LogP contribution in [0.15, 0.2) is 48.5 Å². The molecule has 2 aromatic carbocycles. The number of ether oxygens (including phenoxy) is 1.